The smallest absolute Gasteiger partial charge is 0.254 e. The predicted molar refractivity (Wildman–Crippen MR) is 75.4 cm³/mol. The van der Waals surface area contributed by atoms with E-state index < -0.39 is 5.79 Å². The summed E-state index contributed by atoms with van der Waals surface area (Å²) in [6.45, 7) is 4.40. The van der Waals surface area contributed by atoms with Gasteiger partial charge in [-0.2, -0.15) is 0 Å². The summed E-state index contributed by atoms with van der Waals surface area (Å²) in [7, 11) is 0. The third kappa shape index (κ3) is 2.51. The zero-order valence-corrected chi connectivity index (χ0v) is 11.7. The van der Waals surface area contributed by atoms with Crippen molar-refractivity contribution in [3.05, 3.63) is 29.3 Å². The quantitative estimate of drug-likeness (QED) is 0.791. The van der Waals surface area contributed by atoms with E-state index in [0.717, 1.165) is 24.9 Å². The molecule has 0 atom stereocenters. The number of nitrogens with zero attached hydrogens (tertiary/aromatic N) is 1. The van der Waals surface area contributed by atoms with E-state index in [9.17, 15) is 4.79 Å². The Morgan fingerprint density at radius 3 is 2.75 bits per heavy atom. The Morgan fingerprint density at radius 2 is 2.05 bits per heavy atom. The molecule has 3 rings (SSSR count). The van der Waals surface area contributed by atoms with Gasteiger partial charge in [0, 0.05) is 24.2 Å². The number of rotatable bonds is 1. The van der Waals surface area contributed by atoms with Crippen LogP contribution in [0.3, 0.4) is 0 Å². The number of piperidine rings is 1. The Morgan fingerprint density at radius 1 is 1.30 bits per heavy atom. The molecular weight excluding hydrogens is 256 g/mol. The molecule has 1 amide bonds. The molecule has 2 aliphatic heterocycles. The lowest BCUT2D eigenvalue weighted by Gasteiger charge is -2.38. The van der Waals surface area contributed by atoms with Crippen molar-refractivity contribution in [3.8, 4) is 0 Å². The summed E-state index contributed by atoms with van der Waals surface area (Å²) in [5.41, 5.74) is 8.07. The van der Waals surface area contributed by atoms with Crippen LogP contribution in [0, 0.1) is 6.92 Å². The molecule has 0 aliphatic carbocycles. The number of hydrogen-bond acceptors (Lipinski definition) is 4. The zero-order valence-electron chi connectivity index (χ0n) is 11.7. The minimum absolute atomic E-state index is 0.00132. The number of anilines is 1. The average molecular weight is 276 g/mol. The lowest BCUT2D eigenvalue weighted by atomic mass is 10.0. The average Bonchev–Trinajstić information content (AvgIpc) is 2.85. The molecular formula is C15H20N2O3. The van der Waals surface area contributed by atoms with Crippen LogP contribution < -0.4 is 5.73 Å². The van der Waals surface area contributed by atoms with Crippen molar-refractivity contribution in [3.63, 3.8) is 0 Å². The first-order chi connectivity index (χ1) is 9.58. The van der Waals surface area contributed by atoms with E-state index >= 15 is 0 Å². The van der Waals surface area contributed by atoms with Gasteiger partial charge in [-0.25, -0.2) is 0 Å². The van der Waals surface area contributed by atoms with E-state index in [0.29, 0.717) is 31.0 Å². The van der Waals surface area contributed by atoms with Crippen molar-refractivity contribution in [1.29, 1.82) is 0 Å². The Balaban J connectivity index is 1.79. The van der Waals surface area contributed by atoms with Crippen LogP contribution in [-0.2, 0) is 9.47 Å². The lowest BCUT2D eigenvalue weighted by Crippen LogP contribution is -2.51. The van der Waals surface area contributed by atoms with Crippen LogP contribution in [0.1, 0.15) is 28.8 Å². The molecule has 108 valence electrons. The third-order valence-electron chi connectivity index (χ3n) is 3.86. The first-order valence-corrected chi connectivity index (χ1v) is 7.02. The highest BCUT2D eigenvalue weighted by Gasteiger charge is 2.42. The van der Waals surface area contributed by atoms with Gasteiger partial charge in [0.1, 0.15) is 0 Å². The summed E-state index contributed by atoms with van der Waals surface area (Å²) in [6.07, 6.45) is 1.75. The molecule has 1 spiro atoms. The Bertz CT molecular complexity index is 504. The fourth-order valence-electron chi connectivity index (χ4n) is 3.01. The number of nitrogens with two attached hydrogens (primary N) is 1. The number of carbonyl (C=O) groups is 1. The minimum Gasteiger partial charge on any atom is -0.399 e. The molecule has 0 bridgehead atoms. The molecule has 1 aromatic carbocycles. The molecule has 2 saturated heterocycles. The van der Waals surface area contributed by atoms with Gasteiger partial charge in [0.2, 0.25) is 0 Å². The fraction of sp³-hybridized carbons (Fsp3) is 0.533. The van der Waals surface area contributed by atoms with Gasteiger partial charge in [-0.05, 0) is 37.1 Å². The second kappa shape index (κ2) is 5.07. The largest absolute Gasteiger partial charge is 0.399 e. The Kier molecular flexibility index (Phi) is 3.40. The highest BCUT2D eigenvalue weighted by Crippen LogP contribution is 2.30. The SMILES string of the molecule is Cc1cc(N)cc(C(=O)N2CCCC3(C2)OCCO3)c1. The van der Waals surface area contributed by atoms with Crippen molar-refractivity contribution < 1.29 is 14.3 Å². The maximum Gasteiger partial charge on any atom is 0.254 e. The van der Waals surface area contributed by atoms with Crippen molar-refractivity contribution >= 4 is 11.6 Å². The van der Waals surface area contributed by atoms with Crippen LogP contribution in [0.5, 0.6) is 0 Å². The van der Waals surface area contributed by atoms with Gasteiger partial charge in [-0.3, -0.25) is 4.79 Å². The molecule has 2 fully saturated rings. The van der Waals surface area contributed by atoms with Crippen LogP contribution >= 0.6 is 0 Å². The summed E-state index contributed by atoms with van der Waals surface area (Å²) >= 11 is 0. The zero-order chi connectivity index (χ0) is 14.2. The third-order valence-corrected chi connectivity index (χ3v) is 3.86. The number of carbonyl (C=O) groups excluding carboxylic acids is 1. The normalized spacial score (nSPS) is 21.4. The van der Waals surface area contributed by atoms with Gasteiger partial charge < -0.3 is 20.1 Å². The van der Waals surface area contributed by atoms with Crippen molar-refractivity contribution in [1.82, 2.24) is 4.90 Å². The monoisotopic (exact) mass is 276 g/mol. The Hall–Kier alpha value is -1.59. The molecule has 5 heteroatoms. The second-order valence-electron chi connectivity index (χ2n) is 5.57. The summed E-state index contributed by atoms with van der Waals surface area (Å²) < 4.78 is 11.4. The number of aryl methyl sites for hydroxylation is 1. The fourth-order valence-corrected chi connectivity index (χ4v) is 3.01. The highest BCUT2D eigenvalue weighted by atomic mass is 16.7. The lowest BCUT2D eigenvalue weighted by molar-refractivity contribution is -0.183. The van der Waals surface area contributed by atoms with Crippen molar-refractivity contribution in [2.45, 2.75) is 25.6 Å². The maximum absolute atomic E-state index is 12.6. The number of nitrogen functional groups attached to an aromatic ring is 1. The first-order valence-electron chi connectivity index (χ1n) is 7.02. The highest BCUT2D eigenvalue weighted by molar-refractivity contribution is 5.95. The molecule has 5 nitrogen and oxygen atoms in total. The van der Waals surface area contributed by atoms with Gasteiger partial charge in [-0.15, -0.1) is 0 Å². The van der Waals surface area contributed by atoms with Gasteiger partial charge >= 0.3 is 0 Å². The van der Waals surface area contributed by atoms with Crippen LogP contribution in [0.4, 0.5) is 5.69 Å². The number of likely N-dealkylation sites (tertiary alicyclic amines) is 1. The molecule has 0 aromatic heterocycles. The van der Waals surface area contributed by atoms with Gasteiger partial charge in [0.15, 0.2) is 5.79 Å². The molecule has 0 radical (unpaired) electrons. The molecule has 20 heavy (non-hydrogen) atoms. The van der Waals surface area contributed by atoms with E-state index in [1.165, 1.54) is 0 Å². The number of ether oxygens (including phenoxy) is 2. The van der Waals surface area contributed by atoms with E-state index in [1.54, 1.807) is 6.07 Å². The van der Waals surface area contributed by atoms with E-state index in [1.807, 2.05) is 24.0 Å². The molecule has 0 unspecified atom stereocenters. The molecule has 2 N–H and O–H groups in total. The van der Waals surface area contributed by atoms with Crippen LogP contribution in [0.2, 0.25) is 0 Å². The van der Waals surface area contributed by atoms with E-state index in [-0.39, 0.29) is 5.91 Å². The number of benzene rings is 1. The van der Waals surface area contributed by atoms with Gasteiger partial charge in [0.25, 0.3) is 5.91 Å². The Labute approximate surface area is 118 Å². The number of amides is 1. The van der Waals surface area contributed by atoms with Crippen LogP contribution in [0.15, 0.2) is 18.2 Å². The molecule has 1 aromatic rings. The van der Waals surface area contributed by atoms with E-state index in [4.69, 9.17) is 15.2 Å². The summed E-state index contributed by atoms with van der Waals surface area (Å²) in [6, 6.07) is 5.46. The van der Waals surface area contributed by atoms with Gasteiger partial charge in [-0.1, -0.05) is 0 Å². The first kappa shape index (κ1) is 13.4. The van der Waals surface area contributed by atoms with Crippen LogP contribution in [0.25, 0.3) is 0 Å². The van der Waals surface area contributed by atoms with Crippen molar-refractivity contribution in [2.24, 2.45) is 0 Å². The predicted octanol–water partition coefficient (Wildman–Crippen LogP) is 1.56. The summed E-state index contributed by atoms with van der Waals surface area (Å²) in [4.78, 5) is 14.4. The minimum atomic E-state index is -0.580. The summed E-state index contributed by atoms with van der Waals surface area (Å²) in [5.74, 6) is -0.581. The molecule has 0 saturated carbocycles. The van der Waals surface area contributed by atoms with Crippen molar-refractivity contribution in [2.75, 3.05) is 32.0 Å². The standard InChI is InChI=1S/C15H20N2O3/c1-11-7-12(9-13(16)8-11)14(18)17-4-2-3-15(10-17)19-5-6-20-15/h7-9H,2-6,10,16H2,1H3. The molecule has 2 heterocycles. The maximum atomic E-state index is 12.6. The van der Waals surface area contributed by atoms with E-state index in [2.05, 4.69) is 0 Å². The van der Waals surface area contributed by atoms with Gasteiger partial charge in [0.05, 0.1) is 19.8 Å². The van der Waals surface area contributed by atoms with Crippen LogP contribution in [-0.4, -0.2) is 42.9 Å². The summed E-state index contributed by atoms with van der Waals surface area (Å²) in [5, 5.41) is 0. The molecule has 2 aliphatic rings. The topological polar surface area (TPSA) is 64.8 Å². The second-order valence-corrected chi connectivity index (χ2v) is 5.57. The number of hydrogen-bond donors (Lipinski definition) is 1.